The van der Waals surface area contributed by atoms with Gasteiger partial charge in [-0.2, -0.15) is 0 Å². The number of hydrogen-bond acceptors (Lipinski definition) is 5. The number of nitrogens with zero attached hydrogens (tertiary/aromatic N) is 1. The van der Waals surface area contributed by atoms with Gasteiger partial charge in [0.2, 0.25) is 0 Å². The van der Waals surface area contributed by atoms with E-state index in [0.717, 1.165) is 21.4 Å². The summed E-state index contributed by atoms with van der Waals surface area (Å²) in [5.41, 5.74) is 8.45. The van der Waals surface area contributed by atoms with Crippen molar-refractivity contribution in [2.45, 2.75) is 20.4 Å². The summed E-state index contributed by atoms with van der Waals surface area (Å²) in [6.07, 6.45) is 0. The molecule has 0 spiro atoms. The minimum absolute atomic E-state index is 0.188. The molecule has 0 atom stereocenters. The van der Waals surface area contributed by atoms with Crippen LogP contribution in [0.1, 0.15) is 26.7 Å². The summed E-state index contributed by atoms with van der Waals surface area (Å²) < 4.78 is 5.99. The highest BCUT2D eigenvalue weighted by Gasteiger charge is 2.16. The number of thiophene rings is 1. The van der Waals surface area contributed by atoms with Crippen LogP contribution in [0.4, 0.5) is 5.69 Å². The molecule has 108 valence electrons. The maximum absolute atomic E-state index is 12.3. The van der Waals surface area contributed by atoms with Gasteiger partial charge < -0.3 is 15.6 Å². The number of benzene rings is 1. The average molecular weight is 301 g/mol. The highest BCUT2D eigenvalue weighted by Crippen LogP contribution is 2.34. The van der Waals surface area contributed by atoms with Gasteiger partial charge >= 0.3 is 0 Å². The standard InChI is InChI=1S/C15H15N3O2S/c1-8-3-4-11-12(5-8)21-14(13(11)16)15(19)17-7-10-6-9(2)20-18-10/h3-6H,7,16H2,1-2H3,(H,17,19). The molecule has 21 heavy (non-hydrogen) atoms. The number of aryl methyl sites for hydroxylation is 2. The number of anilines is 1. The lowest BCUT2D eigenvalue weighted by Crippen LogP contribution is -2.22. The Morgan fingerprint density at radius 1 is 1.38 bits per heavy atom. The lowest BCUT2D eigenvalue weighted by atomic mass is 10.1. The summed E-state index contributed by atoms with van der Waals surface area (Å²) in [6, 6.07) is 7.77. The van der Waals surface area contributed by atoms with Gasteiger partial charge in [-0.15, -0.1) is 11.3 Å². The Bertz CT molecular complexity index is 820. The molecule has 0 bridgehead atoms. The topological polar surface area (TPSA) is 81.2 Å². The summed E-state index contributed by atoms with van der Waals surface area (Å²) in [5, 5.41) is 7.58. The van der Waals surface area contributed by atoms with E-state index in [1.54, 1.807) is 6.07 Å². The summed E-state index contributed by atoms with van der Waals surface area (Å²) in [6.45, 7) is 4.15. The lowest BCUT2D eigenvalue weighted by Gasteiger charge is -2.01. The Kier molecular flexibility index (Phi) is 3.39. The van der Waals surface area contributed by atoms with Crippen LogP contribution in [0.25, 0.3) is 10.1 Å². The Morgan fingerprint density at radius 2 is 2.19 bits per heavy atom. The number of carbonyl (C=O) groups is 1. The van der Waals surface area contributed by atoms with Crippen LogP contribution < -0.4 is 11.1 Å². The molecule has 0 radical (unpaired) electrons. The number of nitrogens with one attached hydrogen (secondary N) is 1. The van der Waals surface area contributed by atoms with Crippen molar-refractivity contribution in [2.75, 3.05) is 5.73 Å². The zero-order valence-corrected chi connectivity index (χ0v) is 12.6. The molecule has 0 aliphatic rings. The average Bonchev–Trinajstić information content (AvgIpc) is 3.00. The number of rotatable bonds is 3. The van der Waals surface area contributed by atoms with E-state index >= 15 is 0 Å². The van der Waals surface area contributed by atoms with E-state index in [2.05, 4.69) is 10.5 Å². The van der Waals surface area contributed by atoms with Crippen molar-refractivity contribution < 1.29 is 9.32 Å². The quantitative estimate of drug-likeness (QED) is 0.779. The van der Waals surface area contributed by atoms with Crippen LogP contribution >= 0.6 is 11.3 Å². The smallest absolute Gasteiger partial charge is 0.263 e. The maximum Gasteiger partial charge on any atom is 0.263 e. The van der Waals surface area contributed by atoms with E-state index in [0.29, 0.717) is 22.8 Å². The predicted octanol–water partition coefficient (Wildman–Crippen LogP) is 3.02. The molecule has 0 saturated carbocycles. The molecule has 0 fully saturated rings. The van der Waals surface area contributed by atoms with Crippen LogP contribution in [0.2, 0.25) is 0 Å². The molecule has 0 aliphatic carbocycles. The second-order valence-electron chi connectivity index (χ2n) is 4.96. The first-order valence-corrected chi connectivity index (χ1v) is 7.35. The summed E-state index contributed by atoms with van der Waals surface area (Å²) in [4.78, 5) is 12.8. The second-order valence-corrected chi connectivity index (χ2v) is 6.01. The van der Waals surface area contributed by atoms with Gasteiger partial charge in [0.15, 0.2) is 0 Å². The molecular weight excluding hydrogens is 286 g/mol. The number of carbonyl (C=O) groups excluding carboxylic acids is 1. The van der Waals surface area contributed by atoms with Crippen molar-refractivity contribution in [3.8, 4) is 0 Å². The Balaban J connectivity index is 1.82. The van der Waals surface area contributed by atoms with Crippen LogP contribution in [0.15, 0.2) is 28.8 Å². The zero-order valence-electron chi connectivity index (χ0n) is 11.8. The molecule has 2 aromatic heterocycles. The molecule has 0 unspecified atom stereocenters. The number of amides is 1. The number of fused-ring (bicyclic) bond motifs is 1. The summed E-state index contributed by atoms with van der Waals surface area (Å²) >= 11 is 1.41. The normalized spacial score (nSPS) is 11.0. The number of aromatic nitrogens is 1. The lowest BCUT2D eigenvalue weighted by molar-refractivity contribution is 0.0955. The largest absolute Gasteiger partial charge is 0.397 e. The number of hydrogen-bond donors (Lipinski definition) is 2. The fraction of sp³-hybridized carbons (Fsp3) is 0.200. The molecule has 5 nitrogen and oxygen atoms in total. The van der Waals surface area contributed by atoms with E-state index in [1.807, 2.05) is 32.0 Å². The molecule has 1 aromatic carbocycles. The van der Waals surface area contributed by atoms with E-state index in [9.17, 15) is 4.79 Å². The number of nitrogen functional groups attached to an aromatic ring is 1. The van der Waals surface area contributed by atoms with Crippen LogP contribution in [0, 0.1) is 13.8 Å². The van der Waals surface area contributed by atoms with Crippen molar-refractivity contribution in [1.29, 1.82) is 0 Å². The molecule has 3 rings (SSSR count). The first-order valence-electron chi connectivity index (χ1n) is 6.53. The Hall–Kier alpha value is -2.34. The minimum atomic E-state index is -0.188. The highest BCUT2D eigenvalue weighted by atomic mass is 32.1. The summed E-state index contributed by atoms with van der Waals surface area (Å²) in [7, 11) is 0. The molecule has 0 saturated heterocycles. The molecule has 0 aliphatic heterocycles. The van der Waals surface area contributed by atoms with Gasteiger partial charge in [-0.05, 0) is 25.5 Å². The van der Waals surface area contributed by atoms with Crippen molar-refractivity contribution in [1.82, 2.24) is 10.5 Å². The van der Waals surface area contributed by atoms with Gasteiger partial charge in [-0.1, -0.05) is 17.3 Å². The molecular formula is C15H15N3O2S. The summed E-state index contributed by atoms with van der Waals surface area (Å²) in [5.74, 6) is 0.531. The van der Waals surface area contributed by atoms with E-state index in [4.69, 9.17) is 10.3 Å². The van der Waals surface area contributed by atoms with Crippen LogP contribution in [0.5, 0.6) is 0 Å². The van der Waals surface area contributed by atoms with E-state index in [-0.39, 0.29) is 5.91 Å². The number of nitrogens with two attached hydrogens (primary N) is 1. The fourth-order valence-corrected chi connectivity index (χ4v) is 3.28. The van der Waals surface area contributed by atoms with Gasteiger partial charge in [0, 0.05) is 16.2 Å². The Morgan fingerprint density at radius 3 is 2.90 bits per heavy atom. The van der Waals surface area contributed by atoms with Crippen LogP contribution in [0.3, 0.4) is 0 Å². The SMILES string of the molecule is Cc1ccc2c(N)c(C(=O)NCc3cc(C)on3)sc2c1. The van der Waals surface area contributed by atoms with Crippen molar-refractivity contribution in [2.24, 2.45) is 0 Å². The van der Waals surface area contributed by atoms with Gasteiger partial charge in [0.25, 0.3) is 5.91 Å². The van der Waals surface area contributed by atoms with Crippen molar-refractivity contribution >= 4 is 33.0 Å². The first-order chi connectivity index (χ1) is 10.0. The molecule has 6 heteroatoms. The molecule has 3 N–H and O–H groups in total. The third kappa shape index (κ3) is 2.62. The molecule has 3 aromatic rings. The first kappa shape index (κ1) is 13.6. The molecule has 2 heterocycles. The second kappa shape index (κ2) is 5.21. The van der Waals surface area contributed by atoms with Crippen LogP contribution in [-0.2, 0) is 6.54 Å². The van der Waals surface area contributed by atoms with Gasteiger partial charge in [-0.25, -0.2) is 0 Å². The van der Waals surface area contributed by atoms with E-state index < -0.39 is 0 Å². The molecule has 1 amide bonds. The monoisotopic (exact) mass is 301 g/mol. The van der Waals surface area contributed by atoms with Gasteiger partial charge in [-0.3, -0.25) is 4.79 Å². The highest BCUT2D eigenvalue weighted by molar-refractivity contribution is 7.21. The van der Waals surface area contributed by atoms with Gasteiger partial charge in [0.1, 0.15) is 16.3 Å². The minimum Gasteiger partial charge on any atom is -0.397 e. The third-order valence-electron chi connectivity index (χ3n) is 3.20. The maximum atomic E-state index is 12.3. The zero-order chi connectivity index (χ0) is 15.0. The van der Waals surface area contributed by atoms with Crippen molar-refractivity contribution in [3.05, 3.63) is 46.2 Å². The van der Waals surface area contributed by atoms with Crippen LogP contribution in [-0.4, -0.2) is 11.1 Å². The third-order valence-corrected chi connectivity index (χ3v) is 4.36. The van der Waals surface area contributed by atoms with Crippen molar-refractivity contribution in [3.63, 3.8) is 0 Å². The predicted molar refractivity (Wildman–Crippen MR) is 83.4 cm³/mol. The van der Waals surface area contributed by atoms with E-state index in [1.165, 1.54) is 11.3 Å². The van der Waals surface area contributed by atoms with Gasteiger partial charge in [0.05, 0.1) is 12.2 Å². The fourth-order valence-electron chi connectivity index (χ4n) is 2.14. The Labute approximate surface area is 125 Å².